The average molecular weight is 235 g/mol. The zero-order chi connectivity index (χ0) is 12.5. The Labute approximate surface area is 105 Å². The minimum atomic E-state index is 0.374. The summed E-state index contributed by atoms with van der Waals surface area (Å²) in [6, 6.07) is 2.41. The summed E-state index contributed by atoms with van der Waals surface area (Å²) in [4.78, 5) is 0. The summed E-state index contributed by atoms with van der Waals surface area (Å²) in [6.07, 6.45) is 9.83. The fraction of sp³-hybridized carbons (Fsp3) is 0.600. The molecule has 96 valence electrons. The minimum absolute atomic E-state index is 0.374. The van der Waals surface area contributed by atoms with Crippen LogP contribution in [-0.4, -0.2) is 6.54 Å². The Hall–Kier alpha value is -1.02. The van der Waals surface area contributed by atoms with E-state index in [0.29, 0.717) is 6.04 Å². The number of nitrogens with one attached hydrogen (secondary N) is 1. The van der Waals surface area contributed by atoms with Gasteiger partial charge in [0.05, 0.1) is 12.3 Å². The van der Waals surface area contributed by atoms with E-state index in [1.54, 1.807) is 6.26 Å². The third kappa shape index (κ3) is 4.78. The molecular formula is C15H25NO. The highest BCUT2D eigenvalue weighted by Gasteiger charge is 2.15. The van der Waals surface area contributed by atoms with Crippen LogP contribution in [0.2, 0.25) is 0 Å². The van der Waals surface area contributed by atoms with Crippen molar-refractivity contribution in [2.75, 3.05) is 6.54 Å². The van der Waals surface area contributed by atoms with Gasteiger partial charge in [0.2, 0.25) is 0 Å². The van der Waals surface area contributed by atoms with E-state index < -0.39 is 0 Å². The SMILES string of the molecule is C=CCCCCCC(NCC)c1occc1C. The van der Waals surface area contributed by atoms with E-state index in [1.165, 1.54) is 24.8 Å². The molecule has 1 unspecified atom stereocenters. The number of rotatable bonds is 9. The zero-order valence-electron chi connectivity index (χ0n) is 11.2. The molecule has 17 heavy (non-hydrogen) atoms. The maximum absolute atomic E-state index is 5.58. The van der Waals surface area contributed by atoms with Crippen molar-refractivity contribution in [3.05, 3.63) is 36.3 Å². The zero-order valence-corrected chi connectivity index (χ0v) is 11.2. The first-order valence-electron chi connectivity index (χ1n) is 6.67. The van der Waals surface area contributed by atoms with Gasteiger partial charge in [-0.25, -0.2) is 0 Å². The lowest BCUT2D eigenvalue weighted by Gasteiger charge is -2.16. The van der Waals surface area contributed by atoms with E-state index in [0.717, 1.165) is 25.1 Å². The van der Waals surface area contributed by atoms with Gasteiger partial charge in [-0.05, 0) is 44.4 Å². The molecule has 1 rings (SSSR count). The molecule has 1 N–H and O–H groups in total. The fourth-order valence-electron chi connectivity index (χ4n) is 2.13. The summed E-state index contributed by atoms with van der Waals surface area (Å²) in [5.74, 6) is 1.11. The van der Waals surface area contributed by atoms with Gasteiger partial charge in [0, 0.05) is 0 Å². The highest BCUT2D eigenvalue weighted by molar-refractivity contribution is 5.18. The van der Waals surface area contributed by atoms with E-state index in [1.807, 2.05) is 12.1 Å². The number of furan rings is 1. The molecule has 0 bridgehead atoms. The Morgan fingerprint density at radius 3 is 2.82 bits per heavy atom. The molecule has 2 nitrogen and oxygen atoms in total. The normalized spacial score (nSPS) is 12.6. The molecule has 0 spiro atoms. The van der Waals surface area contributed by atoms with Crippen LogP contribution in [0.25, 0.3) is 0 Å². The standard InChI is InChI=1S/C15H25NO/c1-4-6-7-8-9-10-14(16-5-2)15-13(3)11-12-17-15/h4,11-12,14,16H,1,5-10H2,2-3H3. The Morgan fingerprint density at radius 1 is 1.41 bits per heavy atom. The predicted octanol–water partition coefficient (Wildman–Crippen LogP) is 4.38. The second kappa shape index (κ2) is 8.13. The van der Waals surface area contributed by atoms with Crippen molar-refractivity contribution in [1.82, 2.24) is 5.32 Å². The molecule has 0 aromatic carbocycles. The first-order chi connectivity index (χ1) is 8.29. The second-order valence-electron chi connectivity index (χ2n) is 4.50. The van der Waals surface area contributed by atoms with Gasteiger partial charge in [-0.15, -0.1) is 6.58 Å². The van der Waals surface area contributed by atoms with Crippen molar-refractivity contribution in [3.8, 4) is 0 Å². The minimum Gasteiger partial charge on any atom is -0.467 e. The molecule has 0 aliphatic carbocycles. The van der Waals surface area contributed by atoms with Gasteiger partial charge in [0.1, 0.15) is 5.76 Å². The first kappa shape index (κ1) is 14.0. The smallest absolute Gasteiger partial charge is 0.123 e. The first-order valence-corrected chi connectivity index (χ1v) is 6.67. The van der Waals surface area contributed by atoms with Crippen LogP contribution in [0.4, 0.5) is 0 Å². The Morgan fingerprint density at radius 2 is 2.24 bits per heavy atom. The monoisotopic (exact) mass is 235 g/mol. The van der Waals surface area contributed by atoms with Crippen LogP contribution in [0.1, 0.15) is 56.4 Å². The molecular weight excluding hydrogens is 210 g/mol. The van der Waals surface area contributed by atoms with Gasteiger partial charge in [0.15, 0.2) is 0 Å². The van der Waals surface area contributed by atoms with Crippen molar-refractivity contribution in [3.63, 3.8) is 0 Å². The van der Waals surface area contributed by atoms with Gasteiger partial charge >= 0.3 is 0 Å². The lowest BCUT2D eigenvalue weighted by atomic mass is 10.0. The molecule has 2 heteroatoms. The summed E-state index contributed by atoms with van der Waals surface area (Å²) in [6.45, 7) is 8.99. The van der Waals surface area contributed by atoms with E-state index in [2.05, 4.69) is 25.7 Å². The summed E-state index contributed by atoms with van der Waals surface area (Å²) >= 11 is 0. The van der Waals surface area contributed by atoms with E-state index >= 15 is 0 Å². The Balaban J connectivity index is 2.39. The number of hydrogen-bond donors (Lipinski definition) is 1. The second-order valence-corrected chi connectivity index (χ2v) is 4.50. The number of unbranched alkanes of at least 4 members (excludes halogenated alkanes) is 3. The van der Waals surface area contributed by atoms with Crippen LogP contribution in [0.15, 0.2) is 29.4 Å². The molecule has 1 heterocycles. The van der Waals surface area contributed by atoms with E-state index in [9.17, 15) is 0 Å². The van der Waals surface area contributed by atoms with Crippen LogP contribution in [0.5, 0.6) is 0 Å². The highest BCUT2D eigenvalue weighted by atomic mass is 16.3. The lowest BCUT2D eigenvalue weighted by molar-refractivity contribution is 0.388. The molecule has 0 aliphatic heterocycles. The van der Waals surface area contributed by atoms with Crippen molar-refractivity contribution < 1.29 is 4.42 Å². The number of hydrogen-bond acceptors (Lipinski definition) is 2. The van der Waals surface area contributed by atoms with Crippen LogP contribution < -0.4 is 5.32 Å². The average Bonchev–Trinajstić information content (AvgIpc) is 2.74. The predicted molar refractivity (Wildman–Crippen MR) is 73.1 cm³/mol. The highest BCUT2D eigenvalue weighted by Crippen LogP contribution is 2.23. The van der Waals surface area contributed by atoms with E-state index in [4.69, 9.17) is 4.42 Å². The number of aryl methyl sites for hydroxylation is 1. The molecule has 0 aliphatic rings. The maximum Gasteiger partial charge on any atom is 0.123 e. The summed E-state index contributed by atoms with van der Waals surface area (Å²) in [5, 5.41) is 3.50. The Kier molecular flexibility index (Phi) is 6.71. The Bertz CT molecular complexity index is 316. The summed E-state index contributed by atoms with van der Waals surface area (Å²) in [7, 11) is 0. The molecule has 1 aromatic heterocycles. The van der Waals surface area contributed by atoms with Gasteiger partial charge in [-0.1, -0.05) is 25.8 Å². The molecule has 1 atom stereocenters. The fourth-order valence-corrected chi connectivity index (χ4v) is 2.13. The number of allylic oxidation sites excluding steroid dienone is 1. The van der Waals surface area contributed by atoms with Crippen molar-refractivity contribution in [2.45, 2.75) is 52.0 Å². The molecule has 0 saturated carbocycles. The van der Waals surface area contributed by atoms with E-state index in [-0.39, 0.29) is 0 Å². The summed E-state index contributed by atoms with van der Waals surface area (Å²) < 4.78 is 5.58. The van der Waals surface area contributed by atoms with Crippen LogP contribution in [0, 0.1) is 6.92 Å². The third-order valence-corrected chi connectivity index (χ3v) is 3.07. The van der Waals surface area contributed by atoms with Crippen molar-refractivity contribution >= 4 is 0 Å². The molecule has 0 saturated heterocycles. The van der Waals surface area contributed by atoms with Crippen molar-refractivity contribution in [1.29, 1.82) is 0 Å². The quantitative estimate of drug-likeness (QED) is 0.507. The molecule has 0 fully saturated rings. The van der Waals surface area contributed by atoms with Gasteiger partial charge in [-0.3, -0.25) is 0 Å². The van der Waals surface area contributed by atoms with Crippen LogP contribution in [0.3, 0.4) is 0 Å². The third-order valence-electron chi connectivity index (χ3n) is 3.07. The van der Waals surface area contributed by atoms with Crippen molar-refractivity contribution in [2.24, 2.45) is 0 Å². The van der Waals surface area contributed by atoms with Gasteiger partial charge < -0.3 is 9.73 Å². The van der Waals surface area contributed by atoms with Gasteiger partial charge in [0.25, 0.3) is 0 Å². The van der Waals surface area contributed by atoms with Gasteiger partial charge in [-0.2, -0.15) is 0 Å². The molecule has 1 aromatic rings. The lowest BCUT2D eigenvalue weighted by Crippen LogP contribution is -2.21. The topological polar surface area (TPSA) is 25.2 Å². The largest absolute Gasteiger partial charge is 0.467 e. The maximum atomic E-state index is 5.58. The summed E-state index contributed by atoms with van der Waals surface area (Å²) in [5.41, 5.74) is 1.25. The van der Waals surface area contributed by atoms with Crippen LogP contribution in [-0.2, 0) is 0 Å². The molecule has 0 radical (unpaired) electrons. The van der Waals surface area contributed by atoms with Crippen LogP contribution >= 0.6 is 0 Å². The molecule has 0 amide bonds.